The van der Waals surface area contributed by atoms with E-state index in [2.05, 4.69) is 4.98 Å². The molecule has 0 atom stereocenters. The third-order valence-corrected chi connectivity index (χ3v) is 5.51. The van der Waals surface area contributed by atoms with Crippen molar-refractivity contribution in [2.24, 2.45) is 5.92 Å². The lowest BCUT2D eigenvalue weighted by Gasteiger charge is -2.31. The number of amides is 1. The van der Waals surface area contributed by atoms with Gasteiger partial charge in [0.05, 0.1) is 5.69 Å². The van der Waals surface area contributed by atoms with E-state index in [1.54, 1.807) is 6.20 Å². The summed E-state index contributed by atoms with van der Waals surface area (Å²) in [5.74, 6) is 0.730. The minimum absolute atomic E-state index is 0.0595. The first kappa shape index (κ1) is 14.3. The normalized spacial score (nSPS) is 15.1. The third-order valence-electron chi connectivity index (χ3n) is 4.40. The molecule has 1 saturated carbocycles. The van der Waals surface area contributed by atoms with Gasteiger partial charge in [0.25, 0.3) is 5.91 Å². The molecule has 2 N–H and O–H groups in total. The molecule has 4 nitrogen and oxygen atoms in total. The van der Waals surface area contributed by atoms with E-state index in [0.717, 1.165) is 28.9 Å². The number of anilines is 1. The average molecular weight is 303 g/mol. The van der Waals surface area contributed by atoms with Crippen molar-refractivity contribution in [1.29, 1.82) is 0 Å². The van der Waals surface area contributed by atoms with Crippen LogP contribution in [0.5, 0.6) is 0 Å². The number of nitrogens with zero attached hydrogens (tertiary/aromatic N) is 2. The first-order valence-electron chi connectivity index (χ1n) is 7.54. The second kappa shape index (κ2) is 5.64. The SMILES string of the molecule is CCN(CC1CCC1)C(=O)c1sc2nccc(C)c2c1N. The quantitative estimate of drug-likeness (QED) is 0.941. The monoisotopic (exact) mass is 303 g/mol. The maximum absolute atomic E-state index is 12.8. The predicted octanol–water partition coefficient (Wildman–Crippen LogP) is 3.45. The molecule has 2 aromatic rings. The molecule has 21 heavy (non-hydrogen) atoms. The first-order valence-corrected chi connectivity index (χ1v) is 8.36. The fraction of sp³-hybridized carbons (Fsp3) is 0.500. The van der Waals surface area contributed by atoms with Crippen LogP contribution in [-0.2, 0) is 0 Å². The molecule has 1 amide bonds. The fourth-order valence-electron chi connectivity index (χ4n) is 2.85. The summed E-state index contributed by atoms with van der Waals surface area (Å²) in [7, 11) is 0. The summed E-state index contributed by atoms with van der Waals surface area (Å²) < 4.78 is 0. The Hall–Kier alpha value is -1.62. The summed E-state index contributed by atoms with van der Waals surface area (Å²) in [6, 6.07) is 1.94. The number of aromatic nitrogens is 1. The van der Waals surface area contributed by atoms with Gasteiger partial charge in [-0.25, -0.2) is 4.98 Å². The Morgan fingerprint density at radius 2 is 2.29 bits per heavy atom. The number of carbonyl (C=O) groups is 1. The van der Waals surface area contributed by atoms with Crippen LogP contribution < -0.4 is 5.73 Å². The van der Waals surface area contributed by atoms with Crippen molar-refractivity contribution in [3.05, 3.63) is 22.7 Å². The third kappa shape index (κ3) is 2.50. The molecule has 0 unspecified atom stereocenters. The second-order valence-corrected chi connectivity index (χ2v) is 6.79. The lowest BCUT2D eigenvalue weighted by Crippen LogP contribution is -2.37. The maximum Gasteiger partial charge on any atom is 0.266 e. The molecule has 0 aromatic carbocycles. The Kier molecular flexibility index (Phi) is 3.85. The van der Waals surface area contributed by atoms with Crippen LogP contribution in [0.2, 0.25) is 0 Å². The van der Waals surface area contributed by atoms with E-state index in [1.165, 1.54) is 30.6 Å². The minimum Gasteiger partial charge on any atom is -0.397 e. The number of carbonyl (C=O) groups excluding carboxylic acids is 1. The van der Waals surface area contributed by atoms with Crippen molar-refractivity contribution in [3.63, 3.8) is 0 Å². The van der Waals surface area contributed by atoms with E-state index in [-0.39, 0.29) is 5.91 Å². The number of hydrogen-bond acceptors (Lipinski definition) is 4. The molecule has 1 aliphatic rings. The Morgan fingerprint density at radius 1 is 1.52 bits per heavy atom. The number of nitrogen functional groups attached to an aromatic ring is 1. The molecule has 0 bridgehead atoms. The van der Waals surface area contributed by atoms with E-state index >= 15 is 0 Å². The number of rotatable bonds is 4. The van der Waals surface area contributed by atoms with Crippen LogP contribution in [0.3, 0.4) is 0 Å². The lowest BCUT2D eigenvalue weighted by molar-refractivity contribution is 0.0712. The molecule has 0 radical (unpaired) electrons. The lowest BCUT2D eigenvalue weighted by atomic mass is 9.85. The van der Waals surface area contributed by atoms with E-state index in [9.17, 15) is 4.79 Å². The Labute approximate surface area is 129 Å². The average Bonchev–Trinajstić information content (AvgIpc) is 2.76. The molecule has 0 aliphatic heterocycles. The molecule has 2 aromatic heterocycles. The summed E-state index contributed by atoms with van der Waals surface area (Å²) >= 11 is 1.42. The van der Waals surface area contributed by atoms with Gasteiger partial charge >= 0.3 is 0 Å². The van der Waals surface area contributed by atoms with Gasteiger partial charge in [0.1, 0.15) is 9.71 Å². The highest BCUT2D eigenvalue weighted by Crippen LogP contribution is 2.35. The van der Waals surface area contributed by atoms with Crippen molar-refractivity contribution in [2.45, 2.75) is 33.1 Å². The fourth-order valence-corrected chi connectivity index (χ4v) is 3.96. The minimum atomic E-state index is 0.0595. The first-order chi connectivity index (χ1) is 10.1. The molecule has 1 fully saturated rings. The molecule has 0 saturated heterocycles. The van der Waals surface area contributed by atoms with Gasteiger partial charge in [-0.3, -0.25) is 4.79 Å². The van der Waals surface area contributed by atoms with Crippen molar-refractivity contribution in [3.8, 4) is 0 Å². The number of thiophene rings is 1. The van der Waals surface area contributed by atoms with E-state index in [1.807, 2.05) is 24.8 Å². The molecule has 1 aliphatic carbocycles. The Balaban J connectivity index is 1.92. The molecular formula is C16H21N3OS. The highest BCUT2D eigenvalue weighted by molar-refractivity contribution is 7.21. The van der Waals surface area contributed by atoms with Crippen LogP contribution in [0.4, 0.5) is 5.69 Å². The maximum atomic E-state index is 12.8. The highest BCUT2D eigenvalue weighted by atomic mass is 32.1. The van der Waals surface area contributed by atoms with Gasteiger partial charge < -0.3 is 10.6 Å². The van der Waals surface area contributed by atoms with Gasteiger partial charge in [-0.2, -0.15) is 0 Å². The Morgan fingerprint density at radius 3 is 2.86 bits per heavy atom. The number of nitrogens with two attached hydrogens (primary N) is 1. The number of fused-ring (bicyclic) bond motifs is 1. The van der Waals surface area contributed by atoms with E-state index in [4.69, 9.17) is 5.73 Å². The zero-order valence-electron chi connectivity index (χ0n) is 12.6. The van der Waals surface area contributed by atoms with Crippen molar-refractivity contribution >= 4 is 33.1 Å². The van der Waals surface area contributed by atoms with Crippen LogP contribution >= 0.6 is 11.3 Å². The topological polar surface area (TPSA) is 59.2 Å². The summed E-state index contributed by atoms with van der Waals surface area (Å²) in [6.45, 7) is 5.63. The van der Waals surface area contributed by atoms with Gasteiger partial charge in [-0.05, 0) is 44.2 Å². The van der Waals surface area contributed by atoms with Crippen molar-refractivity contribution in [1.82, 2.24) is 9.88 Å². The van der Waals surface area contributed by atoms with E-state index in [0.29, 0.717) is 16.5 Å². The Bertz CT molecular complexity index is 675. The van der Waals surface area contributed by atoms with E-state index < -0.39 is 0 Å². The molecule has 112 valence electrons. The van der Waals surface area contributed by atoms with Crippen LogP contribution in [0.1, 0.15) is 41.4 Å². The van der Waals surface area contributed by atoms with Crippen LogP contribution in [0.15, 0.2) is 12.3 Å². The largest absolute Gasteiger partial charge is 0.397 e. The molecular weight excluding hydrogens is 282 g/mol. The second-order valence-electron chi connectivity index (χ2n) is 5.79. The van der Waals surface area contributed by atoms with Crippen LogP contribution in [-0.4, -0.2) is 28.9 Å². The predicted molar refractivity (Wildman–Crippen MR) is 87.7 cm³/mol. The van der Waals surface area contributed by atoms with Gasteiger partial charge in [-0.15, -0.1) is 11.3 Å². The zero-order chi connectivity index (χ0) is 15.0. The molecule has 2 heterocycles. The van der Waals surface area contributed by atoms with Crippen LogP contribution in [0.25, 0.3) is 10.2 Å². The van der Waals surface area contributed by atoms with Gasteiger partial charge in [0.2, 0.25) is 0 Å². The van der Waals surface area contributed by atoms with Gasteiger partial charge in [-0.1, -0.05) is 6.42 Å². The van der Waals surface area contributed by atoms with Gasteiger partial charge in [0, 0.05) is 24.7 Å². The summed E-state index contributed by atoms with van der Waals surface area (Å²) in [4.78, 5) is 20.6. The standard InChI is InChI=1S/C16H21N3OS/c1-3-19(9-11-5-4-6-11)16(20)14-13(17)12-10(2)7-8-18-15(12)21-14/h7-8,11H,3-6,9,17H2,1-2H3. The molecule has 0 spiro atoms. The molecule has 5 heteroatoms. The number of pyridine rings is 1. The van der Waals surface area contributed by atoms with Crippen molar-refractivity contribution < 1.29 is 4.79 Å². The number of hydrogen-bond donors (Lipinski definition) is 1. The number of aryl methyl sites for hydroxylation is 1. The smallest absolute Gasteiger partial charge is 0.266 e. The summed E-state index contributed by atoms with van der Waals surface area (Å²) in [5, 5.41) is 0.936. The summed E-state index contributed by atoms with van der Waals surface area (Å²) in [6.07, 6.45) is 5.55. The highest BCUT2D eigenvalue weighted by Gasteiger charge is 2.26. The van der Waals surface area contributed by atoms with Crippen molar-refractivity contribution in [2.75, 3.05) is 18.8 Å². The summed E-state index contributed by atoms with van der Waals surface area (Å²) in [5.41, 5.74) is 7.91. The molecule has 3 rings (SSSR count). The van der Waals surface area contributed by atoms with Crippen LogP contribution in [0, 0.1) is 12.8 Å². The van der Waals surface area contributed by atoms with Gasteiger partial charge in [0.15, 0.2) is 0 Å². The zero-order valence-corrected chi connectivity index (χ0v) is 13.4.